The fourth-order valence-electron chi connectivity index (χ4n) is 1.67. The summed E-state index contributed by atoms with van der Waals surface area (Å²) in [6.07, 6.45) is 4.40. The molecule has 2 unspecified atom stereocenters. The average molecular weight is 322 g/mol. The molecular weight excluding hydrogens is 311 g/mol. The summed E-state index contributed by atoms with van der Waals surface area (Å²) in [6.45, 7) is 0.632. The van der Waals surface area contributed by atoms with Crippen molar-refractivity contribution in [2.24, 2.45) is 0 Å². The Morgan fingerprint density at radius 2 is 2.53 bits per heavy atom. The third kappa shape index (κ3) is 2.69. The molecule has 15 heavy (non-hydrogen) atoms. The van der Waals surface area contributed by atoms with E-state index in [1.165, 1.54) is 0 Å². The number of nitrogens with zero attached hydrogens (tertiary/aromatic N) is 2. The van der Waals surface area contributed by atoms with Gasteiger partial charge in [-0.25, -0.2) is 4.79 Å². The van der Waals surface area contributed by atoms with Crippen molar-refractivity contribution in [3.63, 3.8) is 0 Å². The maximum Gasteiger partial charge on any atom is 0.332 e. The quantitative estimate of drug-likeness (QED) is 0.847. The summed E-state index contributed by atoms with van der Waals surface area (Å²) in [7, 11) is 0. The van der Waals surface area contributed by atoms with E-state index in [9.17, 15) is 4.79 Å². The molecular formula is C9H11IN2O3. The topological polar surface area (TPSA) is 64.3 Å². The van der Waals surface area contributed by atoms with Crippen LogP contribution in [0.15, 0.2) is 12.4 Å². The van der Waals surface area contributed by atoms with E-state index in [0.717, 1.165) is 9.99 Å². The zero-order valence-corrected chi connectivity index (χ0v) is 10.1. The first-order valence-electron chi connectivity index (χ1n) is 4.71. The molecule has 0 aromatic carbocycles. The molecule has 1 fully saturated rings. The SMILES string of the molecule is O=C(O)C1CCC(Cn2cc(I)cn2)O1. The predicted molar refractivity (Wildman–Crippen MR) is 60.5 cm³/mol. The number of hydrogen-bond donors (Lipinski definition) is 1. The number of hydrogen-bond acceptors (Lipinski definition) is 3. The molecule has 2 rings (SSSR count). The molecule has 0 saturated carbocycles. The first kappa shape index (κ1) is 10.9. The van der Waals surface area contributed by atoms with E-state index in [4.69, 9.17) is 9.84 Å². The van der Waals surface area contributed by atoms with Crippen LogP contribution in [0.25, 0.3) is 0 Å². The fourth-order valence-corrected chi connectivity index (χ4v) is 2.11. The summed E-state index contributed by atoms with van der Waals surface area (Å²) in [5, 5.41) is 12.9. The van der Waals surface area contributed by atoms with Gasteiger partial charge in [0, 0.05) is 6.20 Å². The minimum Gasteiger partial charge on any atom is -0.479 e. The van der Waals surface area contributed by atoms with Crippen molar-refractivity contribution in [1.82, 2.24) is 9.78 Å². The summed E-state index contributed by atoms with van der Waals surface area (Å²) in [5.41, 5.74) is 0. The zero-order valence-electron chi connectivity index (χ0n) is 7.97. The molecule has 0 spiro atoms. The van der Waals surface area contributed by atoms with E-state index < -0.39 is 12.1 Å². The van der Waals surface area contributed by atoms with Gasteiger partial charge in [-0.1, -0.05) is 0 Å². The van der Waals surface area contributed by atoms with E-state index in [0.29, 0.717) is 13.0 Å². The molecule has 1 aliphatic heterocycles. The van der Waals surface area contributed by atoms with Gasteiger partial charge in [-0.05, 0) is 35.4 Å². The Hall–Kier alpha value is -0.630. The van der Waals surface area contributed by atoms with Gasteiger partial charge in [-0.2, -0.15) is 5.10 Å². The van der Waals surface area contributed by atoms with Gasteiger partial charge in [0.1, 0.15) is 0 Å². The van der Waals surface area contributed by atoms with E-state index in [1.54, 1.807) is 10.9 Å². The molecule has 0 radical (unpaired) electrons. The lowest BCUT2D eigenvalue weighted by atomic mass is 10.2. The Kier molecular flexibility index (Phi) is 3.25. The van der Waals surface area contributed by atoms with Crippen LogP contribution in [-0.4, -0.2) is 33.1 Å². The zero-order chi connectivity index (χ0) is 10.8. The van der Waals surface area contributed by atoms with Crippen LogP contribution in [0.5, 0.6) is 0 Å². The van der Waals surface area contributed by atoms with Crippen LogP contribution >= 0.6 is 22.6 Å². The van der Waals surface area contributed by atoms with Crippen molar-refractivity contribution < 1.29 is 14.6 Å². The second-order valence-electron chi connectivity index (χ2n) is 3.54. The van der Waals surface area contributed by atoms with Gasteiger partial charge in [-0.15, -0.1) is 0 Å². The van der Waals surface area contributed by atoms with Crippen molar-refractivity contribution in [2.75, 3.05) is 0 Å². The lowest BCUT2D eigenvalue weighted by molar-refractivity contribution is -0.149. The van der Waals surface area contributed by atoms with Crippen molar-refractivity contribution >= 4 is 28.6 Å². The van der Waals surface area contributed by atoms with E-state index >= 15 is 0 Å². The molecule has 1 aromatic rings. The van der Waals surface area contributed by atoms with E-state index in [1.807, 2.05) is 6.20 Å². The summed E-state index contributed by atoms with van der Waals surface area (Å²) < 4.78 is 8.23. The highest BCUT2D eigenvalue weighted by molar-refractivity contribution is 14.1. The van der Waals surface area contributed by atoms with Gasteiger partial charge in [0.05, 0.1) is 22.4 Å². The highest BCUT2D eigenvalue weighted by Gasteiger charge is 2.30. The molecule has 0 aliphatic carbocycles. The molecule has 0 bridgehead atoms. The Bertz CT molecular complexity index is 366. The first-order chi connectivity index (χ1) is 7.15. The molecule has 1 aromatic heterocycles. The summed E-state index contributed by atoms with van der Waals surface area (Å²) in [4.78, 5) is 10.7. The van der Waals surface area contributed by atoms with Gasteiger partial charge >= 0.3 is 5.97 Å². The Balaban J connectivity index is 1.90. The summed E-state index contributed by atoms with van der Waals surface area (Å²) >= 11 is 2.18. The van der Waals surface area contributed by atoms with E-state index in [2.05, 4.69) is 27.7 Å². The van der Waals surface area contributed by atoms with Crippen LogP contribution in [0.1, 0.15) is 12.8 Å². The number of carboxylic acid groups (broad SMARTS) is 1. The highest BCUT2D eigenvalue weighted by atomic mass is 127. The predicted octanol–water partition coefficient (Wildman–Crippen LogP) is 1.12. The Morgan fingerprint density at radius 3 is 3.07 bits per heavy atom. The minimum atomic E-state index is -0.868. The molecule has 1 N–H and O–H groups in total. The van der Waals surface area contributed by atoms with Gasteiger partial charge in [-0.3, -0.25) is 4.68 Å². The van der Waals surface area contributed by atoms with Gasteiger partial charge in [0.25, 0.3) is 0 Å². The van der Waals surface area contributed by atoms with Crippen molar-refractivity contribution in [3.8, 4) is 0 Å². The number of aliphatic carboxylic acids is 1. The van der Waals surface area contributed by atoms with Crippen LogP contribution in [0.4, 0.5) is 0 Å². The van der Waals surface area contributed by atoms with Crippen molar-refractivity contribution in [1.29, 1.82) is 0 Å². The van der Waals surface area contributed by atoms with E-state index in [-0.39, 0.29) is 6.10 Å². The van der Waals surface area contributed by atoms with Crippen LogP contribution < -0.4 is 0 Å². The molecule has 2 atom stereocenters. The summed E-state index contributed by atoms with van der Waals surface area (Å²) in [6, 6.07) is 0. The molecule has 6 heteroatoms. The molecule has 1 saturated heterocycles. The van der Waals surface area contributed by atoms with Crippen LogP contribution in [0.3, 0.4) is 0 Å². The van der Waals surface area contributed by atoms with Crippen LogP contribution in [0, 0.1) is 3.57 Å². The van der Waals surface area contributed by atoms with Gasteiger partial charge in [0.15, 0.2) is 6.10 Å². The average Bonchev–Trinajstić information content (AvgIpc) is 2.76. The number of rotatable bonds is 3. The molecule has 1 aliphatic rings. The van der Waals surface area contributed by atoms with Crippen LogP contribution in [0.2, 0.25) is 0 Å². The van der Waals surface area contributed by atoms with Crippen LogP contribution in [-0.2, 0) is 16.1 Å². The second-order valence-corrected chi connectivity index (χ2v) is 4.79. The number of aromatic nitrogens is 2. The Morgan fingerprint density at radius 1 is 1.73 bits per heavy atom. The monoisotopic (exact) mass is 322 g/mol. The normalized spacial score (nSPS) is 25.7. The van der Waals surface area contributed by atoms with Gasteiger partial charge in [0.2, 0.25) is 0 Å². The smallest absolute Gasteiger partial charge is 0.332 e. The maximum atomic E-state index is 10.7. The van der Waals surface area contributed by atoms with Crippen molar-refractivity contribution in [2.45, 2.75) is 31.6 Å². The Labute approximate surface area is 101 Å². The number of carbonyl (C=O) groups is 1. The maximum absolute atomic E-state index is 10.7. The third-order valence-electron chi connectivity index (χ3n) is 2.38. The lowest BCUT2D eigenvalue weighted by Crippen LogP contribution is -2.23. The molecule has 0 amide bonds. The second kappa shape index (κ2) is 4.48. The largest absolute Gasteiger partial charge is 0.479 e. The van der Waals surface area contributed by atoms with Gasteiger partial charge < -0.3 is 9.84 Å². The number of carboxylic acids is 1. The lowest BCUT2D eigenvalue weighted by Gasteiger charge is -2.10. The molecule has 2 heterocycles. The fraction of sp³-hybridized carbons (Fsp3) is 0.556. The standard InChI is InChI=1S/C9H11IN2O3/c10-6-3-11-12(4-6)5-7-1-2-8(15-7)9(13)14/h3-4,7-8H,1-2,5H2,(H,13,14). The number of ether oxygens (including phenoxy) is 1. The van der Waals surface area contributed by atoms with Crippen molar-refractivity contribution in [3.05, 3.63) is 16.0 Å². The third-order valence-corrected chi connectivity index (χ3v) is 2.93. The molecule has 5 nitrogen and oxygen atoms in total. The minimum absolute atomic E-state index is 0.0261. The number of halogens is 1. The first-order valence-corrected chi connectivity index (χ1v) is 5.79. The summed E-state index contributed by atoms with van der Waals surface area (Å²) in [5.74, 6) is -0.868. The molecule has 82 valence electrons. The highest BCUT2D eigenvalue weighted by Crippen LogP contribution is 2.21.